The fourth-order valence-corrected chi connectivity index (χ4v) is 9.03. The van der Waals surface area contributed by atoms with Crippen molar-refractivity contribution < 1.29 is 28.9 Å². The van der Waals surface area contributed by atoms with Gasteiger partial charge in [0.2, 0.25) is 0 Å². The smallest absolute Gasteiger partial charge is 0.308 e. The van der Waals surface area contributed by atoms with Crippen LogP contribution in [0.4, 0.5) is 0 Å². The molecule has 1 heterocycles. The van der Waals surface area contributed by atoms with Gasteiger partial charge in [-0.1, -0.05) is 25.5 Å². The van der Waals surface area contributed by atoms with Gasteiger partial charge in [0.25, 0.3) is 0 Å². The third-order valence-corrected chi connectivity index (χ3v) is 10.4. The van der Waals surface area contributed by atoms with Gasteiger partial charge < -0.3 is 19.3 Å². The van der Waals surface area contributed by atoms with Crippen molar-refractivity contribution in [3.05, 3.63) is 11.6 Å². The standard InChI is InChI=1S/C27H40O6/c1-6-31-23(29)15-26(5,30)27-22(33-27)14-21-19-8-7-17-13-18(32-16(2)28)9-11-24(17,3)20(19)10-12-25(21,27)4/h7,18-22,30H,6,8-15H2,1-5H3/t18-,19-,20+,21-,22-,24+,25+,26+,27-/m1/s1. The van der Waals surface area contributed by atoms with E-state index >= 15 is 0 Å². The molecule has 0 aromatic rings. The van der Waals surface area contributed by atoms with E-state index in [-0.39, 0.29) is 41.4 Å². The van der Waals surface area contributed by atoms with E-state index in [1.54, 1.807) is 13.8 Å². The highest BCUT2D eigenvalue weighted by atomic mass is 16.6. The molecule has 4 fully saturated rings. The number of hydrogen-bond acceptors (Lipinski definition) is 6. The number of carbonyl (C=O) groups is 2. The molecule has 5 aliphatic rings. The highest BCUT2D eigenvalue weighted by molar-refractivity contribution is 5.71. The summed E-state index contributed by atoms with van der Waals surface area (Å²) in [7, 11) is 0. The Morgan fingerprint density at radius 3 is 2.70 bits per heavy atom. The second-order valence-electron chi connectivity index (χ2n) is 12.0. The number of allylic oxidation sites excluding steroid dienone is 1. The maximum absolute atomic E-state index is 12.3. The Balaban J connectivity index is 1.39. The molecule has 1 saturated heterocycles. The Morgan fingerprint density at radius 1 is 1.24 bits per heavy atom. The molecule has 0 aromatic carbocycles. The molecule has 184 valence electrons. The van der Waals surface area contributed by atoms with Gasteiger partial charge in [0.05, 0.1) is 19.1 Å². The van der Waals surface area contributed by atoms with Gasteiger partial charge in [0.1, 0.15) is 17.3 Å². The predicted molar refractivity (Wildman–Crippen MR) is 122 cm³/mol. The van der Waals surface area contributed by atoms with Crippen molar-refractivity contribution in [2.75, 3.05) is 6.61 Å². The van der Waals surface area contributed by atoms with Gasteiger partial charge in [-0.15, -0.1) is 0 Å². The number of epoxide rings is 1. The number of aliphatic hydroxyl groups is 1. The summed E-state index contributed by atoms with van der Waals surface area (Å²) >= 11 is 0. The normalized spacial score (nSPS) is 47.1. The molecular formula is C27H40O6. The Morgan fingerprint density at radius 2 is 2.00 bits per heavy atom. The van der Waals surface area contributed by atoms with Crippen LogP contribution in [0.1, 0.15) is 86.0 Å². The fourth-order valence-electron chi connectivity index (χ4n) is 9.03. The Kier molecular flexibility index (Phi) is 5.34. The van der Waals surface area contributed by atoms with Crippen LogP contribution in [-0.2, 0) is 23.8 Å². The van der Waals surface area contributed by atoms with Crippen molar-refractivity contribution in [2.24, 2.45) is 28.6 Å². The maximum atomic E-state index is 12.3. The lowest BCUT2D eigenvalue weighted by Crippen LogP contribution is -2.59. The summed E-state index contributed by atoms with van der Waals surface area (Å²) in [5, 5.41) is 11.6. The lowest BCUT2D eigenvalue weighted by Gasteiger charge is -2.59. The number of carbonyl (C=O) groups excluding carboxylic acids is 2. The van der Waals surface area contributed by atoms with Crippen LogP contribution >= 0.6 is 0 Å². The third-order valence-electron chi connectivity index (χ3n) is 10.4. The van der Waals surface area contributed by atoms with Crippen LogP contribution in [0.2, 0.25) is 0 Å². The van der Waals surface area contributed by atoms with Crippen molar-refractivity contribution in [1.29, 1.82) is 0 Å². The lowest BCUT2D eigenvalue weighted by atomic mass is 9.46. The summed E-state index contributed by atoms with van der Waals surface area (Å²) in [6, 6.07) is 0. The van der Waals surface area contributed by atoms with Crippen LogP contribution in [0.15, 0.2) is 11.6 Å². The molecule has 5 rings (SSSR count). The zero-order valence-corrected chi connectivity index (χ0v) is 20.8. The summed E-state index contributed by atoms with van der Waals surface area (Å²) in [4.78, 5) is 23.8. The Hall–Kier alpha value is -1.40. The minimum atomic E-state index is -1.23. The highest BCUT2D eigenvalue weighted by Crippen LogP contribution is 2.75. The molecular weight excluding hydrogens is 420 g/mol. The van der Waals surface area contributed by atoms with E-state index in [2.05, 4.69) is 19.9 Å². The van der Waals surface area contributed by atoms with Gasteiger partial charge in [0, 0.05) is 18.8 Å². The van der Waals surface area contributed by atoms with Crippen LogP contribution in [0.25, 0.3) is 0 Å². The van der Waals surface area contributed by atoms with E-state index in [0.717, 1.165) is 44.9 Å². The summed E-state index contributed by atoms with van der Waals surface area (Å²) in [5.41, 5.74) is -0.392. The topological polar surface area (TPSA) is 85.4 Å². The molecule has 1 aliphatic heterocycles. The molecule has 0 aromatic heterocycles. The first-order valence-electron chi connectivity index (χ1n) is 12.9. The van der Waals surface area contributed by atoms with Crippen molar-refractivity contribution in [2.45, 2.75) is 109 Å². The van der Waals surface area contributed by atoms with E-state index in [4.69, 9.17) is 14.2 Å². The van der Waals surface area contributed by atoms with Crippen LogP contribution in [0.3, 0.4) is 0 Å². The minimum absolute atomic E-state index is 0.0148. The first kappa shape index (κ1) is 23.3. The van der Waals surface area contributed by atoms with Crippen molar-refractivity contribution in [1.82, 2.24) is 0 Å². The van der Waals surface area contributed by atoms with Crippen LogP contribution < -0.4 is 0 Å². The minimum Gasteiger partial charge on any atom is -0.466 e. The lowest BCUT2D eigenvalue weighted by molar-refractivity contribution is -0.165. The summed E-state index contributed by atoms with van der Waals surface area (Å²) in [5.74, 6) is 1.11. The molecule has 33 heavy (non-hydrogen) atoms. The zero-order valence-electron chi connectivity index (χ0n) is 20.8. The summed E-state index contributed by atoms with van der Waals surface area (Å²) < 4.78 is 17.0. The number of fused-ring (bicyclic) bond motifs is 7. The second-order valence-corrected chi connectivity index (χ2v) is 12.0. The molecule has 0 unspecified atom stereocenters. The van der Waals surface area contributed by atoms with E-state index in [0.29, 0.717) is 24.4 Å². The molecule has 0 amide bonds. The highest BCUT2D eigenvalue weighted by Gasteiger charge is 2.82. The molecule has 6 heteroatoms. The summed E-state index contributed by atoms with van der Waals surface area (Å²) in [6.07, 6.45) is 9.44. The van der Waals surface area contributed by atoms with E-state index in [1.807, 2.05) is 0 Å². The molecule has 0 bridgehead atoms. The second kappa shape index (κ2) is 7.55. The maximum Gasteiger partial charge on any atom is 0.308 e. The molecule has 6 nitrogen and oxygen atoms in total. The third kappa shape index (κ3) is 3.19. The van der Waals surface area contributed by atoms with Crippen molar-refractivity contribution in [3.63, 3.8) is 0 Å². The van der Waals surface area contributed by atoms with E-state index < -0.39 is 11.2 Å². The van der Waals surface area contributed by atoms with Gasteiger partial charge >= 0.3 is 11.9 Å². The number of hydrogen-bond donors (Lipinski definition) is 1. The summed E-state index contributed by atoms with van der Waals surface area (Å²) in [6.45, 7) is 10.1. The van der Waals surface area contributed by atoms with Gasteiger partial charge in [-0.05, 0) is 75.5 Å². The first-order valence-corrected chi connectivity index (χ1v) is 12.9. The average Bonchev–Trinajstić information content (AvgIpc) is 3.41. The zero-order chi connectivity index (χ0) is 23.8. The van der Waals surface area contributed by atoms with Crippen LogP contribution in [0, 0.1) is 28.6 Å². The molecule has 4 aliphatic carbocycles. The first-order chi connectivity index (χ1) is 15.5. The van der Waals surface area contributed by atoms with Gasteiger partial charge in [0.15, 0.2) is 0 Å². The van der Waals surface area contributed by atoms with Crippen molar-refractivity contribution in [3.8, 4) is 0 Å². The number of esters is 2. The fraction of sp³-hybridized carbons (Fsp3) is 0.852. The quantitative estimate of drug-likeness (QED) is 0.373. The largest absolute Gasteiger partial charge is 0.466 e. The van der Waals surface area contributed by atoms with Gasteiger partial charge in [-0.2, -0.15) is 0 Å². The molecule has 0 spiro atoms. The molecule has 9 atom stereocenters. The van der Waals surface area contributed by atoms with E-state index in [9.17, 15) is 14.7 Å². The predicted octanol–water partition coefficient (Wildman–Crippen LogP) is 4.33. The Bertz CT molecular complexity index is 878. The average molecular weight is 461 g/mol. The van der Waals surface area contributed by atoms with Crippen LogP contribution in [-0.4, -0.2) is 47.1 Å². The van der Waals surface area contributed by atoms with E-state index in [1.165, 1.54) is 12.5 Å². The number of rotatable bonds is 5. The molecule has 1 N–H and O–H groups in total. The monoisotopic (exact) mass is 460 g/mol. The molecule has 3 saturated carbocycles. The Labute approximate surface area is 197 Å². The molecule has 0 radical (unpaired) electrons. The SMILES string of the molecule is CCOC(=O)C[C@](C)(O)[C@@]12O[C@@H]1C[C@@H]1[C@@H]3CC=C4C[C@H](OC(C)=O)CC[C@]4(C)[C@H]3CC[C@@]12C. The van der Waals surface area contributed by atoms with Crippen LogP contribution in [0.5, 0.6) is 0 Å². The van der Waals surface area contributed by atoms with Gasteiger partial charge in [-0.25, -0.2) is 0 Å². The van der Waals surface area contributed by atoms with Gasteiger partial charge in [-0.3, -0.25) is 9.59 Å². The number of ether oxygens (including phenoxy) is 3. The van der Waals surface area contributed by atoms with Crippen molar-refractivity contribution >= 4 is 11.9 Å².